The van der Waals surface area contributed by atoms with Crippen molar-refractivity contribution >= 4 is 11.7 Å². The Labute approximate surface area is 79.8 Å². The molecule has 0 fully saturated rings. The lowest BCUT2D eigenvalue weighted by Gasteiger charge is -2.26. The van der Waals surface area contributed by atoms with Crippen molar-refractivity contribution in [1.29, 1.82) is 0 Å². The maximum atomic E-state index is 11.7. The predicted octanol–water partition coefficient (Wildman–Crippen LogP) is 1.68. The molecule has 13 heavy (non-hydrogen) atoms. The Morgan fingerprint density at radius 2 is 2.31 bits per heavy atom. The highest BCUT2D eigenvalue weighted by Gasteiger charge is 2.18. The smallest absolute Gasteiger partial charge is 0.228 e. The summed E-state index contributed by atoms with van der Waals surface area (Å²) in [7, 11) is 0. The van der Waals surface area contributed by atoms with Crippen LogP contribution in [0, 0.1) is 5.92 Å². The van der Waals surface area contributed by atoms with E-state index >= 15 is 0 Å². The zero-order valence-electron chi connectivity index (χ0n) is 8.71. The summed E-state index contributed by atoms with van der Waals surface area (Å²) in [5.41, 5.74) is 0. The summed E-state index contributed by atoms with van der Waals surface area (Å²) in [4.78, 5) is 17.7. The molecule has 0 spiro atoms. The molecule has 0 N–H and O–H groups in total. The third kappa shape index (κ3) is 2.83. The van der Waals surface area contributed by atoms with Gasteiger partial charge in [-0.2, -0.15) is 0 Å². The minimum atomic E-state index is 0.218. The molecule has 0 aliphatic carbocycles. The molecule has 1 aliphatic heterocycles. The first-order chi connectivity index (χ1) is 6.11. The third-order valence-corrected chi connectivity index (χ3v) is 2.16. The van der Waals surface area contributed by atoms with Crippen LogP contribution in [-0.2, 0) is 4.79 Å². The molecule has 0 saturated heterocycles. The third-order valence-electron chi connectivity index (χ3n) is 2.16. The van der Waals surface area contributed by atoms with Gasteiger partial charge in [-0.25, -0.2) is 0 Å². The number of aliphatic imine (C=N–C) groups is 1. The fourth-order valence-corrected chi connectivity index (χ4v) is 1.48. The van der Waals surface area contributed by atoms with E-state index in [1.807, 2.05) is 11.8 Å². The molecule has 0 atom stereocenters. The van der Waals surface area contributed by atoms with Gasteiger partial charge in [-0.1, -0.05) is 13.8 Å². The molecule has 0 radical (unpaired) electrons. The van der Waals surface area contributed by atoms with Crippen molar-refractivity contribution in [2.45, 2.75) is 33.6 Å². The highest BCUT2D eigenvalue weighted by molar-refractivity contribution is 5.97. The van der Waals surface area contributed by atoms with Crippen LogP contribution in [0.15, 0.2) is 4.99 Å². The zero-order chi connectivity index (χ0) is 9.84. The lowest BCUT2D eigenvalue weighted by Crippen LogP contribution is -2.39. The Morgan fingerprint density at radius 1 is 1.62 bits per heavy atom. The van der Waals surface area contributed by atoms with E-state index in [4.69, 9.17) is 0 Å². The molecule has 74 valence electrons. The molecular formula is C10H18N2O. The van der Waals surface area contributed by atoms with E-state index in [1.165, 1.54) is 0 Å². The number of carbonyl (C=O) groups is 1. The van der Waals surface area contributed by atoms with Gasteiger partial charge in [-0.3, -0.25) is 9.79 Å². The quantitative estimate of drug-likeness (QED) is 0.639. The van der Waals surface area contributed by atoms with E-state index in [0.717, 1.165) is 25.3 Å². The van der Waals surface area contributed by atoms with Gasteiger partial charge in [0, 0.05) is 19.5 Å². The Bertz CT molecular complexity index is 221. The van der Waals surface area contributed by atoms with Crippen LogP contribution >= 0.6 is 0 Å². The molecule has 3 heteroatoms. The SMILES string of the molecule is CC1=NCCCN1C(=O)CC(C)C. The Morgan fingerprint density at radius 3 is 2.85 bits per heavy atom. The lowest BCUT2D eigenvalue weighted by atomic mass is 10.1. The number of hydrogen-bond donors (Lipinski definition) is 0. The van der Waals surface area contributed by atoms with Crippen molar-refractivity contribution in [3.05, 3.63) is 0 Å². The summed E-state index contributed by atoms with van der Waals surface area (Å²) < 4.78 is 0. The first-order valence-electron chi connectivity index (χ1n) is 4.92. The summed E-state index contributed by atoms with van der Waals surface area (Å²) in [5, 5.41) is 0. The largest absolute Gasteiger partial charge is 0.301 e. The molecule has 1 aliphatic rings. The number of amidine groups is 1. The van der Waals surface area contributed by atoms with Gasteiger partial charge in [-0.15, -0.1) is 0 Å². The van der Waals surface area contributed by atoms with Crippen molar-refractivity contribution in [2.75, 3.05) is 13.1 Å². The molecule has 0 bridgehead atoms. The molecule has 0 aromatic carbocycles. The Kier molecular flexibility index (Phi) is 3.46. The topological polar surface area (TPSA) is 32.7 Å². The van der Waals surface area contributed by atoms with E-state index in [9.17, 15) is 4.79 Å². The fourth-order valence-electron chi connectivity index (χ4n) is 1.48. The number of rotatable bonds is 2. The van der Waals surface area contributed by atoms with E-state index in [1.54, 1.807) is 0 Å². The first kappa shape index (κ1) is 10.2. The molecule has 0 aromatic heterocycles. The molecule has 3 nitrogen and oxygen atoms in total. The second-order valence-electron chi connectivity index (χ2n) is 3.93. The number of hydrogen-bond acceptors (Lipinski definition) is 2. The van der Waals surface area contributed by atoms with Gasteiger partial charge in [0.1, 0.15) is 5.84 Å². The molecule has 0 saturated carbocycles. The normalized spacial score (nSPS) is 17.5. The van der Waals surface area contributed by atoms with E-state index in [0.29, 0.717) is 12.3 Å². The van der Waals surface area contributed by atoms with Gasteiger partial charge >= 0.3 is 0 Å². The lowest BCUT2D eigenvalue weighted by molar-refractivity contribution is -0.128. The van der Waals surface area contributed by atoms with Gasteiger partial charge in [0.15, 0.2) is 0 Å². The monoisotopic (exact) mass is 182 g/mol. The van der Waals surface area contributed by atoms with Crippen molar-refractivity contribution in [3.8, 4) is 0 Å². The van der Waals surface area contributed by atoms with Crippen molar-refractivity contribution in [1.82, 2.24) is 4.90 Å². The second-order valence-corrected chi connectivity index (χ2v) is 3.93. The van der Waals surface area contributed by atoms with Gasteiger partial charge in [0.2, 0.25) is 5.91 Å². The summed E-state index contributed by atoms with van der Waals surface area (Å²) in [6.45, 7) is 7.76. The average molecular weight is 182 g/mol. The molecular weight excluding hydrogens is 164 g/mol. The van der Waals surface area contributed by atoms with E-state index in [2.05, 4.69) is 18.8 Å². The van der Waals surface area contributed by atoms with Gasteiger partial charge in [-0.05, 0) is 19.3 Å². The van der Waals surface area contributed by atoms with Crippen LogP contribution in [0.25, 0.3) is 0 Å². The minimum Gasteiger partial charge on any atom is -0.301 e. The van der Waals surface area contributed by atoms with Crippen LogP contribution in [0.3, 0.4) is 0 Å². The van der Waals surface area contributed by atoms with Gasteiger partial charge in [0.05, 0.1) is 0 Å². The Balaban J connectivity index is 2.55. The highest BCUT2D eigenvalue weighted by Crippen LogP contribution is 2.08. The summed E-state index contributed by atoms with van der Waals surface area (Å²) >= 11 is 0. The highest BCUT2D eigenvalue weighted by atomic mass is 16.2. The molecule has 1 heterocycles. The van der Waals surface area contributed by atoms with Crippen molar-refractivity contribution in [2.24, 2.45) is 10.9 Å². The number of carbonyl (C=O) groups excluding carboxylic acids is 1. The Hall–Kier alpha value is -0.860. The molecule has 1 amide bonds. The summed E-state index contributed by atoms with van der Waals surface area (Å²) in [5.74, 6) is 1.54. The second kappa shape index (κ2) is 4.40. The molecule has 0 unspecified atom stereocenters. The van der Waals surface area contributed by atoms with Crippen LogP contribution in [0.1, 0.15) is 33.6 Å². The average Bonchev–Trinajstić information content (AvgIpc) is 2.03. The van der Waals surface area contributed by atoms with Gasteiger partial charge in [0.25, 0.3) is 0 Å². The number of nitrogens with zero attached hydrogens (tertiary/aromatic N) is 2. The predicted molar refractivity (Wildman–Crippen MR) is 53.8 cm³/mol. The summed E-state index contributed by atoms with van der Waals surface area (Å²) in [6, 6.07) is 0. The van der Waals surface area contributed by atoms with Gasteiger partial charge < -0.3 is 4.90 Å². The van der Waals surface area contributed by atoms with Crippen LogP contribution < -0.4 is 0 Å². The van der Waals surface area contributed by atoms with Crippen LogP contribution in [-0.4, -0.2) is 29.7 Å². The standard InChI is InChI=1S/C10H18N2O/c1-8(2)7-10(13)12-6-4-5-11-9(12)3/h8H,4-7H2,1-3H3. The number of amides is 1. The van der Waals surface area contributed by atoms with Crippen LogP contribution in [0.5, 0.6) is 0 Å². The maximum absolute atomic E-state index is 11.7. The fraction of sp³-hybridized carbons (Fsp3) is 0.800. The van der Waals surface area contributed by atoms with Crippen LogP contribution in [0.4, 0.5) is 0 Å². The summed E-state index contributed by atoms with van der Waals surface area (Å²) in [6.07, 6.45) is 1.63. The van der Waals surface area contributed by atoms with E-state index < -0.39 is 0 Å². The maximum Gasteiger partial charge on any atom is 0.228 e. The minimum absolute atomic E-state index is 0.218. The molecule has 1 rings (SSSR count). The van der Waals surface area contributed by atoms with Crippen LogP contribution in [0.2, 0.25) is 0 Å². The van der Waals surface area contributed by atoms with Crippen molar-refractivity contribution < 1.29 is 4.79 Å². The molecule has 0 aromatic rings. The van der Waals surface area contributed by atoms with E-state index in [-0.39, 0.29) is 5.91 Å². The van der Waals surface area contributed by atoms with Crippen molar-refractivity contribution in [3.63, 3.8) is 0 Å². The zero-order valence-corrected chi connectivity index (χ0v) is 8.71. The first-order valence-corrected chi connectivity index (χ1v) is 4.92.